The maximum absolute atomic E-state index is 10.4. The van der Waals surface area contributed by atoms with Gasteiger partial charge in [-0.15, -0.1) is 0 Å². The number of rotatable bonds is 5. The van der Waals surface area contributed by atoms with Crippen LogP contribution < -0.4 is 0 Å². The summed E-state index contributed by atoms with van der Waals surface area (Å²) in [4.78, 5) is 0. The van der Waals surface area contributed by atoms with Gasteiger partial charge in [-0.3, -0.25) is 0 Å². The molecule has 0 aliphatic heterocycles. The summed E-state index contributed by atoms with van der Waals surface area (Å²) in [5.41, 5.74) is 3.95. The third kappa shape index (κ3) is 2.87. The number of hydrogen-bond acceptors (Lipinski definition) is 2. The van der Waals surface area contributed by atoms with Gasteiger partial charge in [0.2, 0.25) is 0 Å². The Balaban J connectivity index is 2.48. The largest absolute Gasteiger partial charge is 0.504 e. The molecule has 1 N–H and O–H groups in total. The van der Waals surface area contributed by atoms with Crippen molar-refractivity contribution in [2.24, 2.45) is 0 Å². The normalized spacial score (nSPS) is 11.2. The van der Waals surface area contributed by atoms with E-state index in [1.165, 1.54) is 5.56 Å². The second-order valence-electron chi connectivity index (χ2n) is 5.69. The van der Waals surface area contributed by atoms with Crippen LogP contribution in [0.25, 0.3) is 5.69 Å². The molecular weight excluding hydrogens is 248 g/mol. The van der Waals surface area contributed by atoms with Crippen molar-refractivity contribution in [3.8, 4) is 11.4 Å². The van der Waals surface area contributed by atoms with E-state index in [0.717, 1.165) is 36.3 Å². The monoisotopic (exact) mass is 272 g/mol. The van der Waals surface area contributed by atoms with Gasteiger partial charge in [0.25, 0.3) is 0 Å². The van der Waals surface area contributed by atoms with Crippen LogP contribution in [0.4, 0.5) is 0 Å². The van der Waals surface area contributed by atoms with E-state index in [0.29, 0.717) is 5.75 Å². The van der Waals surface area contributed by atoms with Crippen molar-refractivity contribution in [2.75, 3.05) is 0 Å². The number of unbranched alkanes of at least 4 members (excludes halogenated alkanes) is 1. The summed E-state index contributed by atoms with van der Waals surface area (Å²) in [6.45, 7) is 8.40. The van der Waals surface area contributed by atoms with Crippen LogP contribution in [0, 0.1) is 6.92 Å². The van der Waals surface area contributed by atoms with Gasteiger partial charge in [0.05, 0.1) is 11.4 Å². The topological polar surface area (TPSA) is 38.0 Å². The molecule has 20 heavy (non-hydrogen) atoms. The van der Waals surface area contributed by atoms with Crippen LogP contribution >= 0.6 is 0 Å². The minimum atomic E-state index is 0.235. The summed E-state index contributed by atoms with van der Waals surface area (Å²) >= 11 is 0. The first kappa shape index (κ1) is 14.6. The Hall–Kier alpha value is -1.77. The maximum Gasteiger partial charge on any atom is 0.160 e. The number of benzene rings is 1. The molecule has 0 radical (unpaired) electrons. The lowest BCUT2D eigenvalue weighted by Gasteiger charge is -2.10. The van der Waals surface area contributed by atoms with Crippen molar-refractivity contribution < 1.29 is 5.11 Å². The second-order valence-corrected chi connectivity index (χ2v) is 5.69. The Morgan fingerprint density at radius 3 is 2.40 bits per heavy atom. The molecule has 0 saturated carbocycles. The minimum absolute atomic E-state index is 0.235. The third-order valence-electron chi connectivity index (χ3n) is 3.56. The lowest BCUT2D eigenvalue weighted by atomic mass is 10.1. The standard InChI is InChI=1S/C17H24N2O/c1-5-6-7-15-17(20)16(12(2)3)19(18-15)14-10-8-13(4)9-11-14/h8-12,20H,5-7H2,1-4H3. The highest BCUT2D eigenvalue weighted by molar-refractivity contribution is 5.43. The predicted molar refractivity (Wildman–Crippen MR) is 82.7 cm³/mol. The van der Waals surface area contributed by atoms with Gasteiger partial charge in [-0.25, -0.2) is 4.68 Å². The smallest absolute Gasteiger partial charge is 0.160 e. The van der Waals surface area contributed by atoms with Crippen LogP contribution in [0.3, 0.4) is 0 Å². The fourth-order valence-electron chi connectivity index (χ4n) is 2.38. The summed E-state index contributed by atoms with van der Waals surface area (Å²) < 4.78 is 1.89. The molecule has 1 heterocycles. The Morgan fingerprint density at radius 1 is 1.20 bits per heavy atom. The number of aromatic nitrogens is 2. The highest BCUT2D eigenvalue weighted by Crippen LogP contribution is 2.32. The van der Waals surface area contributed by atoms with Gasteiger partial charge in [-0.05, 0) is 37.8 Å². The number of aryl methyl sites for hydroxylation is 2. The maximum atomic E-state index is 10.4. The molecule has 0 amide bonds. The Kier molecular flexibility index (Phi) is 4.48. The van der Waals surface area contributed by atoms with E-state index in [9.17, 15) is 5.11 Å². The van der Waals surface area contributed by atoms with Crippen molar-refractivity contribution in [3.05, 3.63) is 41.2 Å². The number of hydrogen-bond donors (Lipinski definition) is 1. The van der Waals surface area contributed by atoms with Gasteiger partial charge in [0, 0.05) is 0 Å². The van der Waals surface area contributed by atoms with Crippen LogP contribution in [0.1, 0.15) is 56.5 Å². The first-order chi connectivity index (χ1) is 9.54. The van der Waals surface area contributed by atoms with Gasteiger partial charge in [-0.2, -0.15) is 5.10 Å². The second kappa shape index (κ2) is 6.12. The fraction of sp³-hybridized carbons (Fsp3) is 0.471. The molecule has 0 aliphatic carbocycles. The van der Waals surface area contributed by atoms with E-state index >= 15 is 0 Å². The van der Waals surface area contributed by atoms with Crippen LogP contribution in [0.15, 0.2) is 24.3 Å². The molecule has 0 bridgehead atoms. The zero-order valence-corrected chi connectivity index (χ0v) is 12.8. The SMILES string of the molecule is CCCCc1nn(-c2ccc(C)cc2)c(C(C)C)c1O. The summed E-state index contributed by atoms with van der Waals surface area (Å²) in [7, 11) is 0. The molecule has 2 aromatic rings. The van der Waals surface area contributed by atoms with E-state index in [1.54, 1.807) is 0 Å². The molecule has 2 rings (SSSR count). The summed E-state index contributed by atoms with van der Waals surface area (Å²) in [6, 6.07) is 8.25. The molecule has 0 saturated heterocycles. The number of aromatic hydroxyl groups is 1. The first-order valence-corrected chi connectivity index (χ1v) is 7.42. The molecule has 0 spiro atoms. The lowest BCUT2D eigenvalue weighted by Crippen LogP contribution is -2.04. The van der Waals surface area contributed by atoms with Crippen molar-refractivity contribution in [1.82, 2.24) is 9.78 Å². The van der Waals surface area contributed by atoms with Gasteiger partial charge in [-0.1, -0.05) is 44.9 Å². The number of nitrogens with zero attached hydrogens (tertiary/aromatic N) is 2. The molecule has 0 unspecified atom stereocenters. The molecule has 108 valence electrons. The fourth-order valence-corrected chi connectivity index (χ4v) is 2.38. The van der Waals surface area contributed by atoms with E-state index in [2.05, 4.69) is 57.1 Å². The zero-order valence-electron chi connectivity index (χ0n) is 12.8. The molecular formula is C17H24N2O. The minimum Gasteiger partial charge on any atom is -0.504 e. The van der Waals surface area contributed by atoms with E-state index < -0.39 is 0 Å². The van der Waals surface area contributed by atoms with Gasteiger partial charge >= 0.3 is 0 Å². The van der Waals surface area contributed by atoms with Crippen molar-refractivity contribution in [1.29, 1.82) is 0 Å². The van der Waals surface area contributed by atoms with Crippen molar-refractivity contribution in [3.63, 3.8) is 0 Å². The van der Waals surface area contributed by atoms with Crippen LogP contribution in [0.5, 0.6) is 5.75 Å². The van der Waals surface area contributed by atoms with Gasteiger partial charge in [0.1, 0.15) is 5.69 Å². The van der Waals surface area contributed by atoms with Crippen LogP contribution in [-0.2, 0) is 6.42 Å². The van der Waals surface area contributed by atoms with Crippen LogP contribution in [-0.4, -0.2) is 14.9 Å². The first-order valence-electron chi connectivity index (χ1n) is 7.42. The average Bonchev–Trinajstić information content (AvgIpc) is 2.74. The highest BCUT2D eigenvalue weighted by Gasteiger charge is 2.20. The molecule has 0 atom stereocenters. The summed E-state index contributed by atoms with van der Waals surface area (Å²) in [5.74, 6) is 0.605. The van der Waals surface area contributed by atoms with E-state index in [1.807, 2.05) is 4.68 Å². The van der Waals surface area contributed by atoms with Crippen LogP contribution in [0.2, 0.25) is 0 Å². The molecule has 1 aromatic carbocycles. The Labute approximate surface area is 121 Å². The predicted octanol–water partition coefficient (Wildman–Crippen LogP) is 4.35. The molecule has 3 nitrogen and oxygen atoms in total. The van der Waals surface area contributed by atoms with Crippen molar-refractivity contribution in [2.45, 2.75) is 52.9 Å². The zero-order chi connectivity index (χ0) is 14.7. The van der Waals surface area contributed by atoms with E-state index in [-0.39, 0.29) is 5.92 Å². The quantitative estimate of drug-likeness (QED) is 0.878. The summed E-state index contributed by atoms with van der Waals surface area (Å²) in [6.07, 6.45) is 2.99. The lowest BCUT2D eigenvalue weighted by molar-refractivity contribution is 0.456. The Bertz CT molecular complexity index is 567. The van der Waals surface area contributed by atoms with E-state index in [4.69, 9.17) is 0 Å². The molecule has 1 aromatic heterocycles. The van der Waals surface area contributed by atoms with Gasteiger partial charge < -0.3 is 5.11 Å². The van der Waals surface area contributed by atoms with Crippen molar-refractivity contribution >= 4 is 0 Å². The average molecular weight is 272 g/mol. The molecule has 0 aliphatic rings. The highest BCUT2D eigenvalue weighted by atomic mass is 16.3. The Morgan fingerprint density at radius 2 is 1.85 bits per heavy atom. The molecule has 3 heteroatoms. The third-order valence-corrected chi connectivity index (χ3v) is 3.56. The molecule has 0 fully saturated rings. The summed E-state index contributed by atoms with van der Waals surface area (Å²) in [5, 5.41) is 15.1. The van der Waals surface area contributed by atoms with Gasteiger partial charge in [0.15, 0.2) is 5.75 Å².